The van der Waals surface area contributed by atoms with Gasteiger partial charge in [-0.05, 0) is 55.5 Å². The lowest BCUT2D eigenvalue weighted by Gasteiger charge is -2.27. The van der Waals surface area contributed by atoms with E-state index in [2.05, 4.69) is 17.4 Å². The molecular weight excluding hydrogens is 328 g/mol. The van der Waals surface area contributed by atoms with Gasteiger partial charge in [0.25, 0.3) is 0 Å². The van der Waals surface area contributed by atoms with Crippen molar-refractivity contribution in [2.24, 2.45) is 0 Å². The Kier molecular flexibility index (Phi) is 5.19. The smallest absolute Gasteiger partial charge is 0.233 e. The summed E-state index contributed by atoms with van der Waals surface area (Å²) in [5, 5.41) is 2.71. The van der Waals surface area contributed by atoms with Gasteiger partial charge in [0.15, 0.2) is 11.6 Å². The number of carbonyl (C=O) groups is 1. The van der Waals surface area contributed by atoms with E-state index < -0.39 is 11.6 Å². The highest BCUT2D eigenvalue weighted by atomic mass is 32.2. The first-order valence-electron chi connectivity index (χ1n) is 8.04. The molecule has 1 amide bonds. The number of carbonyl (C=O) groups excluding carboxylic acids is 1. The summed E-state index contributed by atoms with van der Waals surface area (Å²) >= 11 is 1.23. The van der Waals surface area contributed by atoms with E-state index in [0.717, 1.165) is 31.4 Å². The zero-order chi connectivity index (χ0) is 17.1. The molecule has 0 saturated carbocycles. The molecule has 1 aliphatic rings. The fourth-order valence-corrected chi connectivity index (χ4v) is 3.90. The van der Waals surface area contributed by atoms with Crippen molar-refractivity contribution in [3.8, 4) is 0 Å². The molecule has 1 N–H and O–H groups in total. The van der Waals surface area contributed by atoms with Gasteiger partial charge in [0.05, 0.1) is 11.3 Å². The fourth-order valence-electron chi connectivity index (χ4n) is 3.00. The van der Waals surface area contributed by atoms with Gasteiger partial charge in [0.1, 0.15) is 0 Å². The number of hydrogen-bond acceptors (Lipinski definition) is 2. The van der Waals surface area contributed by atoms with E-state index in [4.69, 9.17) is 0 Å². The molecule has 3 rings (SSSR count). The van der Waals surface area contributed by atoms with Crippen LogP contribution in [-0.2, 0) is 11.2 Å². The van der Waals surface area contributed by atoms with Crippen molar-refractivity contribution in [1.29, 1.82) is 0 Å². The Bertz CT molecular complexity index is 750. The predicted molar refractivity (Wildman–Crippen MR) is 91.9 cm³/mol. The first-order chi connectivity index (χ1) is 11.5. The summed E-state index contributed by atoms with van der Waals surface area (Å²) in [4.78, 5) is 13.0. The van der Waals surface area contributed by atoms with Gasteiger partial charge in [-0.25, -0.2) is 8.78 Å². The molecule has 0 bridgehead atoms. The Labute approximate surface area is 144 Å². The Balaban J connectivity index is 1.65. The molecule has 2 aromatic rings. The van der Waals surface area contributed by atoms with Crippen LogP contribution in [0.15, 0.2) is 47.4 Å². The van der Waals surface area contributed by atoms with Crippen molar-refractivity contribution >= 4 is 17.7 Å². The minimum atomic E-state index is -0.895. The first-order valence-corrected chi connectivity index (χ1v) is 8.92. The highest BCUT2D eigenvalue weighted by molar-refractivity contribution is 8.00. The third-order valence-electron chi connectivity index (χ3n) is 4.26. The Morgan fingerprint density at radius 1 is 1.21 bits per heavy atom. The van der Waals surface area contributed by atoms with E-state index in [0.29, 0.717) is 4.90 Å². The predicted octanol–water partition coefficient (Wildman–Crippen LogP) is 4.64. The molecule has 0 aliphatic heterocycles. The minimum absolute atomic E-state index is 0.0236. The highest BCUT2D eigenvalue weighted by Crippen LogP contribution is 2.31. The number of hydrogen-bond donors (Lipinski definition) is 1. The van der Waals surface area contributed by atoms with Gasteiger partial charge in [-0.1, -0.05) is 24.3 Å². The highest BCUT2D eigenvalue weighted by Gasteiger charge is 2.24. The van der Waals surface area contributed by atoms with Gasteiger partial charge < -0.3 is 5.32 Å². The Morgan fingerprint density at radius 2 is 2.00 bits per heavy atom. The van der Waals surface area contributed by atoms with Gasteiger partial charge in [-0.15, -0.1) is 11.8 Å². The second-order valence-electron chi connectivity index (χ2n) is 5.99. The van der Waals surface area contributed by atoms with Gasteiger partial charge in [0, 0.05) is 4.90 Å². The molecule has 2 nitrogen and oxygen atoms in total. The summed E-state index contributed by atoms with van der Waals surface area (Å²) in [7, 11) is 0. The number of aryl methyl sites for hydroxylation is 1. The average molecular weight is 347 g/mol. The molecule has 0 heterocycles. The lowest BCUT2D eigenvalue weighted by Crippen LogP contribution is -2.35. The van der Waals surface area contributed by atoms with Crippen molar-refractivity contribution < 1.29 is 13.6 Å². The zero-order valence-corrected chi connectivity index (χ0v) is 14.2. The average Bonchev–Trinajstić information content (AvgIpc) is 2.58. The van der Waals surface area contributed by atoms with Gasteiger partial charge >= 0.3 is 0 Å². The van der Waals surface area contributed by atoms with Crippen LogP contribution in [0.3, 0.4) is 0 Å². The Morgan fingerprint density at radius 3 is 2.79 bits per heavy atom. The van der Waals surface area contributed by atoms with E-state index in [1.165, 1.54) is 29.0 Å². The molecule has 0 spiro atoms. The zero-order valence-electron chi connectivity index (χ0n) is 13.4. The summed E-state index contributed by atoms with van der Waals surface area (Å²) in [6, 6.07) is 11.9. The van der Waals surface area contributed by atoms with Gasteiger partial charge in [-0.3, -0.25) is 4.79 Å². The van der Waals surface area contributed by atoms with Gasteiger partial charge in [-0.2, -0.15) is 0 Å². The second kappa shape index (κ2) is 7.34. The van der Waals surface area contributed by atoms with Crippen LogP contribution in [0.1, 0.15) is 36.9 Å². The molecular formula is C19H19F2NOS. The number of rotatable bonds is 4. The topological polar surface area (TPSA) is 29.1 Å². The second-order valence-corrected chi connectivity index (χ2v) is 7.40. The third kappa shape index (κ3) is 3.78. The summed E-state index contributed by atoms with van der Waals surface area (Å²) < 4.78 is 26.3. The number of benzene rings is 2. The van der Waals surface area contributed by atoms with Crippen LogP contribution in [-0.4, -0.2) is 11.2 Å². The van der Waals surface area contributed by atoms with Crippen LogP contribution in [0, 0.1) is 11.6 Å². The summed E-state index contributed by atoms with van der Waals surface area (Å²) in [5.41, 5.74) is 2.47. The van der Waals surface area contributed by atoms with E-state index in [1.807, 2.05) is 12.1 Å². The molecule has 0 radical (unpaired) electrons. The molecule has 5 heteroatoms. The van der Waals surface area contributed by atoms with Gasteiger partial charge in [0.2, 0.25) is 5.91 Å². The molecule has 2 aromatic carbocycles. The van der Waals surface area contributed by atoms with Crippen LogP contribution in [0.2, 0.25) is 0 Å². The monoisotopic (exact) mass is 347 g/mol. The molecule has 2 atom stereocenters. The summed E-state index contributed by atoms with van der Waals surface area (Å²) in [5.74, 6) is -1.87. The number of halogens is 2. The van der Waals surface area contributed by atoms with Crippen LogP contribution in [0.5, 0.6) is 0 Å². The summed E-state index contributed by atoms with van der Waals surface area (Å²) in [6.07, 6.45) is 3.01. The molecule has 24 heavy (non-hydrogen) atoms. The third-order valence-corrected chi connectivity index (χ3v) is 5.35. The summed E-state index contributed by atoms with van der Waals surface area (Å²) in [6.45, 7) is 1.77. The van der Waals surface area contributed by atoms with Crippen molar-refractivity contribution in [3.63, 3.8) is 0 Å². The largest absolute Gasteiger partial charge is 0.348 e. The van der Waals surface area contributed by atoms with E-state index in [1.54, 1.807) is 6.92 Å². The van der Waals surface area contributed by atoms with Crippen LogP contribution >= 0.6 is 11.8 Å². The lowest BCUT2D eigenvalue weighted by molar-refractivity contribution is -0.121. The maximum Gasteiger partial charge on any atom is 0.233 e. The van der Waals surface area contributed by atoms with Crippen molar-refractivity contribution in [2.75, 3.05) is 0 Å². The van der Waals surface area contributed by atoms with E-state index in [9.17, 15) is 13.6 Å². The SMILES string of the molecule is C[C@H](Sc1ccc(F)c(F)c1)C(=O)N[C@H]1CCCc2ccccc21. The van der Waals surface area contributed by atoms with Crippen molar-refractivity contribution in [3.05, 3.63) is 65.2 Å². The number of thioether (sulfide) groups is 1. The number of nitrogens with one attached hydrogen (secondary N) is 1. The first kappa shape index (κ1) is 17.0. The molecule has 0 fully saturated rings. The maximum atomic E-state index is 13.3. The quantitative estimate of drug-likeness (QED) is 0.817. The van der Waals surface area contributed by atoms with Crippen LogP contribution in [0.25, 0.3) is 0 Å². The molecule has 126 valence electrons. The lowest BCUT2D eigenvalue weighted by atomic mass is 9.88. The molecule has 0 unspecified atom stereocenters. The minimum Gasteiger partial charge on any atom is -0.348 e. The molecule has 0 saturated heterocycles. The Hall–Kier alpha value is -1.88. The van der Waals surface area contributed by atoms with E-state index in [-0.39, 0.29) is 17.2 Å². The molecule has 0 aromatic heterocycles. The maximum absolute atomic E-state index is 13.3. The normalized spacial score (nSPS) is 17.9. The van der Waals surface area contributed by atoms with E-state index >= 15 is 0 Å². The molecule has 1 aliphatic carbocycles. The van der Waals surface area contributed by atoms with Crippen LogP contribution in [0.4, 0.5) is 8.78 Å². The van der Waals surface area contributed by atoms with Crippen molar-refractivity contribution in [2.45, 2.75) is 42.4 Å². The standard InChI is InChI=1S/C19H19F2NOS/c1-12(24-14-9-10-16(20)17(21)11-14)19(23)22-18-8-4-6-13-5-2-3-7-15(13)18/h2-3,5,7,9-12,18H,4,6,8H2,1H3,(H,22,23)/t12-,18-/m0/s1. The number of amides is 1. The van der Waals surface area contributed by atoms with Crippen molar-refractivity contribution in [1.82, 2.24) is 5.32 Å². The number of fused-ring (bicyclic) bond motifs is 1. The fraction of sp³-hybridized carbons (Fsp3) is 0.316. The van der Waals surface area contributed by atoms with Crippen LogP contribution < -0.4 is 5.32 Å².